The average Bonchev–Trinajstić information content (AvgIpc) is 2.95. The average molecular weight is 293 g/mol. The lowest BCUT2D eigenvalue weighted by atomic mass is 9.66. The molecule has 0 radical (unpaired) electrons. The van der Waals surface area contributed by atoms with E-state index in [0.29, 0.717) is 0 Å². The highest BCUT2D eigenvalue weighted by molar-refractivity contribution is 5.44. The number of rotatable bonds is 4. The SMILES string of the molecule is Cc1ccc(C2(CNc3ccc4nccn4n3)CCC2)nc1. The lowest BCUT2D eigenvalue weighted by Crippen LogP contribution is -2.41. The van der Waals surface area contributed by atoms with Crippen LogP contribution in [0.1, 0.15) is 30.5 Å². The number of pyridine rings is 1. The number of hydrogen-bond acceptors (Lipinski definition) is 4. The number of hydrogen-bond donors (Lipinski definition) is 1. The van der Waals surface area contributed by atoms with Gasteiger partial charge in [-0.3, -0.25) is 4.98 Å². The molecule has 1 aliphatic rings. The van der Waals surface area contributed by atoms with Crippen molar-refractivity contribution in [2.45, 2.75) is 31.6 Å². The minimum atomic E-state index is 0.152. The Morgan fingerprint density at radius 3 is 2.82 bits per heavy atom. The molecule has 0 aliphatic heterocycles. The first-order valence-electron chi connectivity index (χ1n) is 7.73. The summed E-state index contributed by atoms with van der Waals surface area (Å²) in [7, 11) is 0. The summed E-state index contributed by atoms with van der Waals surface area (Å²) in [4.78, 5) is 8.87. The van der Waals surface area contributed by atoms with E-state index in [0.717, 1.165) is 18.0 Å². The number of nitrogens with one attached hydrogen (secondary N) is 1. The van der Waals surface area contributed by atoms with Crippen LogP contribution in [-0.2, 0) is 5.41 Å². The van der Waals surface area contributed by atoms with Gasteiger partial charge in [0.25, 0.3) is 0 Å². The third kappa shape index (κ3) is 2.22. The Balaban J connectivity index is 1.54. The predicted molar refractivity (Wildman–Crippen MR) is 86.0 cm³/mol. The summed E-state index contributed by atoms with van der Waals surface area (Å²) >= 11 is 0. The maximum Gasteiger partial charge on any atom is 0.153 e. The maximum atomic E-state index is 4.65. The quantitative estimate of drug-likeness (QED) is 0.803. The molecule has 0 aromatic carbocycles. The van der Waals surface area contributed by atoms with Gasteiger partial charge in [-0.05, 0) is 43.5 Å². The van der Waals surface area contributed by atoms with Gasteiger partial charge in [-0.2, -0.15) is 0 Å². The molecule has 0 saturated heterocycles. The largest absolute Gasteiger partial charge is 0.368 e. The van der Waals surface area contributed by atoms with Crippen molar-refractivity contribution in [2.24, 2.45) is 0 Å². The van der Waals surface area contributed by atoms with Crippen LogP contribution in [0.3, 0.4) is 0 Å². The molecule has 1 fully saturated rings. The minimum Gasteiger partial charge on any atom is -0.368 e. The van der Waals surface area contributed by atoms with Gasteiger partial charge in [0.15, 0.2) is 5.65 Å². The highest BCUT2D eigenvalue weighted by Crippen LogP contribution is 2.42. The van der Waals surface area contributed by atoms with Gasteiger partial charge >= 0.3 is 0 Å². The standard InChI is InChI=1S/C17H19N5/c1-13-3-4-14(19-11-13)17(7-2-8-17)12-20-15-5-6-16-18-9-10-22(16)21-15/h3-6,9-11H,2,7-8,12H2,1H3,(H,20,21). The highest BCUT2D eigenvalue weighted by Gasteiger charge is 2.39. The monoisotopic (exact) mass is 293 g/mol. The van der Waals surface area contributed by atoms with E-state index in [1.54, 1.807) is 10.7 Å². The zero-order chi connectivity index (χ0) is 15.0. The Morgan fingerprint density at radius 1 is 1.18 bits per heavy atom. The van der Waals surface area contributed by atoms with Crippen molar-refractivity contribution >= 4 is 11.5 Å². The van der Waals surface area contributed by atoms with Gasteiger partial charge in [0, 0.05) is 36.2 Å². The van der Waals surface area contributed by atoms with E-state index in [4.69, 9.17) is 0 Å². The topological polar surface area (TPSA) is 55.1 Å². The molecule has 5 nitrogen and oxygen atoms in total. The zero-order valence-electron chi connectivity index (χ0n) is 12.7. The van der Waals surface area contributed by atoms with Crippen LogP contribution in [-0.4, -0.2) is 26.1 Å². The first kappa shape index (κ1) is 13.2. The lowest BCUT2D eigenvalue weighted by molar-refractivity contribution is 0.252. The normalized spacial score (nSPS) is 16.4. The van der Waals surface area contributed by atoms with Crippen LogP contribution < -0.4 is 5.32 Å². The molecule has 0 spiro atoms. The number of fused-ring (bicyclic) bond motifs is 1. The summed E-state index contributed by atoms with van der Waals surface area (Å²) in [5.41, 5.74) is 3.42. The molecule has 1 N–H and O–H groups in total. The van der Waals surface area contributed by atoms with E-state index in [2.05, 4.69) is 39.4 Å². The summed E-state index contributed by atoms with van der Waals surface area (Å²) < 4.78 is 1.79. The van der Waals surface area contributed by atoms with Crippen LogP contribution in [0.25, 0.3) is 5.65 Å². The van der Waals surface area contributed by atoms with Crippen LogP contribution in [0.15, 0.2) is 42.9 Å². The molecule has 3 aromatic rings. The Kier molecular flexibility index (Phi) is 3.06. The minimum absolute atomic E-state index is 0.152. The van der Waals surface area contributed by atoms with Gasteiger partial charge in [-0.25, -0.2) is 9.50 Å². The van der Waals surface area contributed by atoms with Gasteiger partial charge < -0.3 is 5.32 Å². The summed E-state index contributed by atoms with van der Waals surface area (Å²) in [5, 5.41) is 8.01. The number of imidazole rings is 1. The molecule has 112 valence electrons. The highest BCUT2D eigenvalue weighted by atomic mass is 15.3. The van der Waals surface area contributed by atoms with Crippen LogP contribution in [0.5, 0.6) is 0 Å². The summed E-state index contributed by atoms with van der Waals surface area (Å²) in [5.74, 6) is 0.879. The maximum absolute atomic E-state index is 4.65. The molecule has 4 rings (SSSR count). The Labute approximate surface area is 129 Å². The molecular formula is C17H19N5. The van der Waals surface area contributed by atoms with Gasteiger partial charge in [0.1, 0.15) is 5.82 Å². The van der Waals surface area contributed by atoms with Crippen molar-refractivity contribution in [3.8, 4) is 0 Å². The summed E-state index contributed by atoms with van der Waals surface area (Å²) in [6.07, 6.45) is 9.22. The Bertz CT molecular complexity index is 786. The van der Waals surface area contributed by atoms with Gasteiger partial charge in [-0.15, -0.1) is 5.10 Å². The van der Waals surface area contributed by atoms with Crippen molar-refractivity contribution in [3.05, 3.63) is 54.1 Å². The van der Waals surface area contributed by atoms with Crippen molar-refractivity contribution in [1.29, 1.82) is 0 Å². The van der Waals surface area contributed by atoms with Crippen LogP contribution in [0.4, 0.5) is 5.82 Å². The van der Waals surface area contributed by atoms with Gasteiger partial charge in [-0.1, -0.05) is 12.5 Å². The molecule has 22 heavy (non-hydrogen) atoms. The molecule has 0 atom stereocenters. The third-order valence-electron chi connectivity index (χ3n) is 4.63. The second kappa shape index (κ2) is 5.09. The lowest BCUT2D eigenvalue weighted by Gasteiger charge is -2.41. The van der Waals surface area contributed by atoms with Crippen molar-refractivity contribution in [2.75, 3.05) is 11.9 Å². The third-order valence-corrected chi connectivity index (χ3v) is 4.63. The van der Waals surface area contributed by atoms with Crippen LogP contribution in [0.2, 0.25) is 0 Å². The second-order valence-electron chi connectivity index (χ2n) is 6.16. The van der Waals surface area contributed by atoms with E-state index in [1.165, 1.54) is 30.5 Å². The van der Waals surface area contributed by atoms with Crippen molar-refractivity contribution < 1.29 is 0 Å². The van der Waals surface area contributed by atoms with Crippen LogP contribution >= 0.6 is 0 Å². The summed E-state index contributed by atoms with van der Waals surface area (Å²) in [6, 6.07) is 8.28. The van der Waals surface area contributed by atoms with E-state index in [9.17, 15) is 0 Å². The van der Waals surface area contributed by atoms with Gasteiger partial charge in [0.2, 0.25) is 0 Å². The number of nitrogens with zero attached hydrogens (tertiary/aromatic N) is 4. The molecular weight excluding hydrogens is 274 g/mol. The van der Waals surface area contributed by atoms with Crippen molar-refractivity contribution in [3.63, 3.8) is 0 Å². The van der Waals surface area contributed by atoms with Gasteiger partial charge in [0.05, 0.1) is 0 Å². The second-order valence-corrected chi connectivity index (χ2v) is 6.16. The molecule has 1 saturated carbocycles. The zero-order valence-corrected chi connectivity index (χ0v) is 12.7. The fourth-order valence-electron chi connectivity index (χ4n) is 3.08. The molecule has 0 unspecified atom stereocenters. The van der Waals surface area contributed by atoms with E-state index in [1.807, 2.05) is 24.5 Å². The van der Waals surface area contributed by atoms with Crippen LogP contribution in [0, 0.1) is 6.92 Å². The summed E-state index contributed by atoms with van der Waals surface area (Å²) in [6.45, 7) is 2.95. The number of aromatic nitrogens is 4. The number of anilines is 1. The Morgan fingerprint density at radius 2 is 2.09 bits per heavy atom. The fourth-order valence-corrected chi connectivity index (χ4v) is 3.08. The van der Waals surface area contributed by atoms with E-state index in [-0.39, 0.29) is 5.41 Å². The van der Waals surface area contributed by atoms with E-state index < -0.39 is 0 Å². The fraction of sp³-hybridized carbons (Fsp3) is 0.353. The Hall–Kier alpha value is -2.43. The number of aryl methyl sites for hydroxylation is 1. The first-order valence-corrected chi connectivity index (χ1v) is 7.73. The molecule has 3 aromatic heterocycles. The molecule has 1 aliphatic carbocycles. The smallest absolute Gasteiger partial charge is 0.153 e. The van der Waals surface area contributed by atoms with Crippen molar-refractivity contribution in [1.82, 2.24) is 19.6 Å². The molecule has 0 bridgehead atoms. The molecule has 3 heterocycles. The predicted octanol–water partition coefficient (Wildman–Crippen LogP) is 2.97. The first-order chi connectivity index (χ1) is 10.8. The molecule has 5 heteroatoms. The van der Waals surface area contributed by atoms with E-state index >= 15 is 0 Å². The molecule has 0 amide bonds.